The van der Waals surface area contributed by atoms with Gasteiger partial charge in [0.15, 0.2) is 0 Å². The maximum atomic E-state index is 5.04. The average Bonchev–Trinajstić information content (AvgIpc) is 2.76. The van der Waals surface area contributed by atoms with Gasteiger partial charge in [0.25, 0.3) is 0 Å². The lowest BCUT2D eigenvalue weighted by atomic mass is 10.4. The summed E-state index contributed by atoms with van der Waals surface area (Å²) in [6, 6.07) is 0.625. The molecule has 7 nitrogen and oxygen atoms in total. The average molecular weight is 211 g/mol. The number of methoxy groups -OCH3 is 1. The van der Waals surface area contributed by atoms with Gasteiger partial charge in [-0.2, -0.15) is 0 Å². The molecule has 0 bridgehead atoms. The highest BCUT2D eigenvalue weighted by atomic mass is 16.5. The molecule has 0 amide bonds. The van der Waals surface area contributed by atoms with Gasteiger partial charge < -0.3 is 14.9 Å². The van der Waals surface area contributed by atoms with E-state index in [2.05, 4.69) is 24.6 Å². The highest BCUT2D eigenvalue weighted by molar-refractivity contribution is 5.99. The van der Waals surface area contributed by atoms with Crippen LogP contribution in [0.2, 0.25) is 0 Å². The highest BCUT2D eigenvalue weighted by Gasteiger charge is 2.03. The van der Waals surface area contributed by atoms with Gasteiger partial charge in [0.05, 0.1) is 13.7 Å². The fourth-order valence-electron chi connectivity index (χ4n) is 0.838. The molecule has 15 heavy (non-hydrogen) atoms. The molecule has 0 unspecified atom stereocenters. The predicted octanol–water partition coefficient (Wildman–Crippen LogP) is 0.424. The molecule has 0 atom stereocenters. The zero-order valence-electron chi connectivity index (χ0n) is 8.89. The van der Waals surface area contributed by atoms with Crippen LogP contribution in [-0.2, 0) is 4.74 Å². The summed E-state index contributed by atoms with van der Waals surface area (Å²) >= 11 is 0. The van der Waals surface area contributed by atoms with Crippen LogP contribution in [0.4, 0.5) is 6.01 Å². The molecule has 1 aliphatic heterocycles. The molecule has 0 aliphatic carbocycles. The second-order valence-electron chi connectivity index (χ2n) is 2.81. The molecule has 2 N–H and O–H groups in total. The first-order chi connectivity index (χ1) is 7.11. The Morgan fingerprint density at radius 2 is 2.07 bits per heavy atom. The summed E-state index contributed by atoms with van der Waals surface area (Å²) in [7, 11) is 1.57. The molecule has 1 aromatic rings. The molecule has 0 fully saturated rings. The summed E-state index contributed by atoms with van der Waals surface area (Å²) < 4.78 is 9.38. The first kappa shape index (κ1) is 11.2. The Labute approximate surface area is 87.1 Å². The summed E-state index contributed by atoms with van der Waals surface area (Å²) in [4.78, 5) is 7.88. The summed E-state index contributed by atoms with van der Waals surface area (Å²) in [5, 5.41) is 6.85. The third-order valence-corrected chi connectivity index (χ3v) is 1.45. The van der Waals surface area contributed by atoms with E-state index in [-0.39, 0.29) is 6.01 Å². The van der Waals surface area contributed by atoms with Gasteiger partial charge in [-0.25, -0.2) is 9.98 Å². The smallest absolute Gasteiger partial charge is 0.312 e. The molecular formula is C8H13N5O2. The largest absolute Gasteiger partial charge is 0.467 e. The molecule has 1 aliphatic rings. The number of nitrogen functional groups attached to an aromatic ring is 1. The number of anilines is 1. The number of hydrogen-bond donors (Lipinski definition) is 1. The first-order valence-electron chi connectivity index (χ1n) is 4.30. The lowest BCUT2D eigenvalue weighted by molar-refractivity contribution is 0.398. The summed E-state index contributed by atoms with van der Waals surface area (Å²) in [6.45, 7) is 4.31. The molecule has 0 saturated heterocycles. The van der Waals surface area contributed by atoms with Crippen LogP contribution in [-0.4, -0.2) is 35.6 Å². The minimum atomic E-state index is 0.123. The highest BCUT2D eigenvalue weighted by Crippen LogP contribution is 1.95. The predicted molar refractivity (Wildman–Crippen MR) is 55.9 cm³/mol. The third-order valence-electron chi connectivity index (χ3n) is 1.45. The van der Waals surface area contributed by atoms with E-state index < -0.39 is 0 Å². The van der Waals surface area contributed by atoms with Gasteiger partial charge in [-0.05, 0) is 6.92 Å². The van der Waals surface area contributed by atoms with Crippen molar-refractivity contribution in [3.8, 4) is 0 Å². The van der Waals surface area contributed by atoms with Crippen LogP contribution in [0.5, 0.6) is 0 Å². The van der Waals surface area contributed by atoms with Crippen LogP contribution in [0.3, 0.4) is 0 Å². The molecule has 0 spiro atoms. The lowest BCUT2D eigenvalue weighted by Crippen LogP contribution is -1.91. The van der Waals surface area contributed by atoms with Crippen LogP contribution in [0, 0.1) is 6.92 Å². The van der Waals surface area contributed by atoms with Crippen LogP contribution in [0.15, 0.2) is 14.4 Å². The SMILES string of the molecule is COC1=NCC(C)=N1.Cc1nnc(N)o1. The Morgan fingerprint density at radius 1 is 1.33 bits per heavy atom. The van der Waals surface area contributed by atoms with E-state index in [4.69, 9.17) is 10.5 Å². The van der Waals surface area contributed by atoms with E-state index in [0.29, 0.717) is 18.5 Å². The number of nitrogens with two attached hydrogens (primary N) is 1. The second kappa shape index (κ2) is 5.08. The van der Waals surface area contributed by atoms with Gasteiger partial charge in [-0.15, -0.1) is 5.10 Å². The Morgan fingerprint density at radius 3 is 2.27 bits per heavy atom. The molecular weight excluding hydrogens is 198 g/mol. The number of hydrogen-bond acceptors (Lipinski definition) is 7. The summed E-state index contributed by atoms with van der Waals surface area (Å²) in [5.41, 5.74) is 6.05. The minimum absolute atomic E-state index is 0.123. The van der Waals surface area contributed by atoms with Gasteiger partial charge in [-0.3, -0.25) is 0 Å². The molecule has 0 saturated carbocycles. The maximum Gasteiger partial charge on any atom is 0.312 e. The van der Waals surface area contributed by atoms with Crippen molar-refractivity contribution in [1.29, 1.82) is 0 Å². The fraction of sp³-hybridized carbons (Fsp3) is 0.500. The molecule has 0 aromatic carbocycles. The quantitative estimate of drug-likeness (QED) is 0.670. The molecule has 2 heterocycles. The van der Waals surface area contributed by atoms with Crippen molar-refractivity contribution in [2.24, 2.45) is 9.98 Å². The zero-order valence-corrected chi connectivity index (χ0v) is 8.89. The lowest BCUT2D eigenvalue weighted by Gasteiger charge is -1.87. The van der Waals surface area contributed by atoms with Crippen molar-refractivity contribution >= 4 is 17.7 Å². The standard InChI is InChI=1S/C5H8N2O.C3H5N3O/c1-4-3-6-5(7-4)8-2;1-2-5-6-3(4)7-2/h3H2,1-2H3;1H3,(H2,4,6). The third kappa shape index (κ3) is 3.75. The normalized spacial score (nSPS) is 13.8. The van der Waals surface area contributed by atoms with Crippen LogP contribution < -0.4 is 5.73 Å². The van der Waals surface area contributed by atoms with E-state index in [1.54, 1.807) is 14.0 Å². The molecule has 7 heteroatoms. The molecule has 2 rings (SSSR count). The number of ether oxygens (including phenoxy) is 1. The van der Waals surface area contributed by atoms with Gasteiger partial charge in [0, 0.05) is 12.6 Å². The minimum Gasteiger partial charge on any atom is -0.467 e. The number of amidine groups is 1. The number of rotatable bonds is 0. The van der Waals surface area contributed by atoms with Crippen molar-refractivity contribution < 1.29 is 9.15 Å². The van der Waals surface area contributed by atoms with Crippen LogP contribution in [0.25, 0.3) is 0 Å². The zero-order chi connectivity index (χ0) is 11.3. The first-order valence-corrected chi connectivity index (χ1v) is 4.30. The van der Waals surface area contributed by atoms with Gasteiger partial charge in [0.1, 0.15) is 0 Å². The van der Waals surface area contributed by atoms with E-state index in [9.17, 15) is 0 Å². The molecule has 1 aromatic heterocycles. The summed E-state index contributed by atoms with van der Waals surface area (Å²) in [5.74, 6) is 0.498. The van der Waals surface area contributed by atoms with E-state index in [0.717, 1.165) is 5.71 Å². The Hall–Kier alpha value is -1.92. The van der Waals surface area contributed by atoms with Gasteiger partial charge in [0.2, 0.25) is 5.89 Å². The van der Waals surface area contributed by atoms with Crippen LogP contribution in [0.1, 0.15) is 12.8 Å². The van der Waals surface area contributed by atoms with Crippen molar-refractivity contribution in [2.75, 3.05) is 19.4 Å². The number of nitrogens with zero attached hydrogens (tertiary/aromatic N) is 4. The molecule has 0 radical (unpaired) electrons. The number of aliphatic imine (C=N–C) groups is 2. The van der Waals surface area contributed by atoms with Crippen molar-refractivity contribution in [1.82, 2.24) is 10.2 Å². The van der Waals surface area contributed by atoms with E-state index >= 15 is 0 Å². The van der Waals surface area contributed by atoms with Crippen molar-refractivity contribution in [3.63, 3.8) is 0 Å². The summed E-state index contributed by atoms with van der Waals surface area (Å²) in [6.07, 6.45) is 0. The Balaban J connectivity index is 0.000000151. The van der Waals surface area contributed by atoms with Crippen molar-refractivity contribution in [2.45, 2.75) is 13.8 Å². The Bertz CT molecular complexity index is 366. The number of aryl methyl sites for hydroxylation is 1. The maximum absolute atomic E-state index is 5.04. The monoisotopic (exact) mass is 211 g/mol. The van der Waals surface area contributed by atoms with Gasteiger partial charge in [-0.1, -0.05) is 5.10 Å². The fourth-order valence-corrected chi connectivity index (χ4v) is 0.838. The van der Waals surface area contributed by atoms with Crippen molar-refractivity contribution in [3.05, 3.63) is 5.89 Å². The molecule has 82 valence electrons. The Kier molecular flexibility index (Phi) is 3.78. The van der Waals surface area contributed by atoms with Gasteiger partial charge >= 0.3 is 12.0 Å². The number of aromatic nitrogens is 2. The second-order valence-corrected chi connectivity index (χ2v) is 2.81. The van der Waals surface area contributed by atoms with E-state index in [1.807, 2.05) is 6.92 Å². The van der Waals surface area contributed by atoms with Crippen LogP contribution >= 0.6 is 0 Å². The van der Waals surface area contributed by atoms with E-state index in [1.165, 1.54) is 0 Å². The topological polar surface area (TPSA) is 98.9 Å².